The zero-order valence-corrected chi connectivity index (χ0v) is 17.1. The van der Waals surface area contributed by atoms with Crippen LogP contribution in [0.3, 0.4) is 0 Å². The number of carbonyl (C=O) groups excluding carboxylic acids is 2. The molecule has 0 aromatic heterocycles. The quantitative estimate of drug-likeness (QED) is 0.764. The molecule has 144 valence electrons. The second kappa shape index (κ2) is 9.36. The van der Waals surface area contributed by atoms with Crippen LogP contribution in [0, 0.1) is 13.8 Å². The van der Waals surface area contributed by atoms with E-state index >= 15 is 0 Å². The van der Waals surface area contributed by atoms with Crippen LogP contribution in [0.15, 0.2) is 36.4 Å². The van der Waals surface area contributed by atoms with Crippen LogP contribution in [0.2, 0.25) is 0 Å². The van der Waals surface area contributed by atoms with Crippen LogP contribution < -0.4 is 10.2 Å². The van der Waals surface area contributed by atoms with E-state index in [0.717, 1.165) is 46.5 Å². The smallest absolute Gasteiger partial charge is 0.226 e. The number of amides is 2. The Morgan fingerprint density at radius 1 is 0.926 bits per heavy atom. The Bertz CT molecular complexity index is 785. The van der Waals surface area contributed by atoms with Crippen molar-refractivity contribution >= 4 is 23.2 Å². The van der Waals surface area contributed by atoms with Crippen molar-refractivity contribution in [2.75, 3.05) is 16.8 Å². The van der Waals surface area contributed by atoms with Gasteiger partial charge in [0, 0.05) is 31.3 Å². The highest BCUT2D eigenvalue weighted by molar-refractivity contribution is 5.96. The molecule has 4 nitrogen and oxygen atoms in total. The number of anilines is 2. The number of rotatable bonds is 7. The fourth-order valence-corrected chi connectivity index (χ4v) is 3.48. The molecule has 2 aromatic carbocycles. The topological polar surface area (TPSA) is 49.4 Å². The van der Waals surface area contributed by atoms with Gasteiger partial charge in [0.15, 0.2) is 0 Å². The summed E-state index contributed by atoms with van der Waals surface area (Å²) in [5.41, 5.74) is 6.18. The average molecular weight is 367 g/mol. The molecule has 2 rings (SSSR count). The third-order valence-electron chi connectivity index (χ3n) is 4.92. The molecular formula is C23H30N2O2. The number of hydrogen-bond acceptors (Lipinski definition) is 2. The third kappa shape index (κ3) is 4.97. The Balaban J connectivity index is 2.15. The number of nitrogens with zero attached hydrogens (tertiary/aromatic N) is 1. The number of aryl methyl sites for hydroxylation is 4. The van der Waals surface area contributed by atoms with E-state index in [9.17, 15) is 9.59 Å². The maximum atomic E-state index is 12.6. The molecule has 2 amide bonds. The van der Waals surface area contributed by atoms with E-state index in [4.69, 9.17) is 0 Å². The summed E-state index contributed by atoms with van der Waals surface area (Å²) in [4.78, 5) is 26.5. The van der Waals surface area contributed by atoms with Crippen LogP contribution in [0.4, 0.5) is 11.4 Å². The summed E-state index contributed by atoms with van der Waals surface area (Å²) in [5, 5.41) is 3.08. The summed E-state index contributed by atoms with van der Waals surface area (Å²) < 4.78 is 0. The van der Waals surface area contributed by atoms with Gasteiger partial charge in [-0.3, -0.25) is 9.59 Å². The van der Waals surface area contributed by atoms with Gasteiger partial charge < -0.3 is 10.2 Å². The number of hydrogen-bond donors (Lipinski definition) is 1. The fourth-order valence-electron chi connectivity index (χ4n) is 3.48. The molecule has 27 heavy (non-hydrogen) atoms. The van der Waals surface area contributed by atoms with Crippen LogP contribution >= 0.6 is 0 Å². The van der Waals surface area contributed by atoms with Gasteiger partial charge in [0.2, 0.25) is 11.8 Å². The summed E-state index contributed by atoms with van der Waals surface area (Å²) >= 11 is 0. The van der Waals surface area contributed by atoms with Gasteiger partial charge in [0.05, 0.1) is 0 Å². The first-order chi connectivity index (χ1) is 12.9. The van der Waals surface area contributed by atoms with Crippen molar-refractivity contribution in [1.29, 1.82) is 0 Å². The lowest BCUT2D eigenvalue weighted by molar-refractivity contribution is -0.117. The molecule has 0 atom stereocenters. The van der Waals surface area contributed by atoms with Crippen LogP contribution in [0.5, 0.6) is 0 Å². The van der Waals surface area contributed by atoms with Gasteiger partial charge >= 0.3 is 0 Å². The van der Waals surface area contributed by atoms with Crippen LogP contribution in [0.25, 0.3) is 0 Å². The zero-order chi connectivity index (χ0) is 20.0. The maximum absolute atomic E-state index is 12.6. The summed E-state index contributed by atoms with van der Waals surface area (Å²) in [6.45, 7) is 10.1. The van der Waals surface area contributed by atoms with E-state index < -0.39 is 0 Å². The van der Waals surface area contributed by atoms with Gasteiger partial charge in [0.1, 0.15) is 0 Å². The Morgan fingerprint density at radius 2 is 1.44 bits per heavy atom. The van der Waals surface area contributed by atoms with E-state index in [1.54, 1.807) is 11.8 Å². The van der Waals surface area contributed by atoms with Crippen molar-refractivity contribution in [1.82, 2.24) is 0 Å². The van der Waals surface area contributed by atoms with Crippen molar-refractivity contribution in [2.45, 2.75) is 53.9 Å². The number of carbonyl (C=O) groups is 2. The Kier molecular flexibility index (Phi) is 7.17. The SMILES string of the molecule is CCc1cccc(CC)c1NC(=O)CCN(C(C)=O)c1c(C)cccc1C. The minimum atomic E-state index is -0.0666. The van der Waals surface area contributed by atoms with Crippen molar-refractivity contribution in [3.8, 4) is 0 Å². The van der Waals surface area contributed by atoms with Crippen molar-refractivity contribution < 1.29 is 9.59 Å². The molecule has 1 N–H and O–H groups in total. The second-order valence-electron chi connectivity index (χ2n) is 6.87. The number of benzene rings is 2. The molecule has 0 aliphatic heterocycles. The first-order valence-electron chi connectivity index (χ1n) is 9.63. The number of para-hydroxylation sites is 2. The Morgan fingerprint density at radius 3 is 1.93 bits per heavy atom. The molecule has 0 bridgehead atoms. The third-order valence-corrected chi connectivity index (χ3v) is 4.92. The molecular weight excluding hydrogens is 336 g/mol. The Labute approximate surface area is 162 Å². The molecule has 2 aromatic rings. The van der Waals surface area contributed by atoms with E-state index in [2.05, 4.69) is 19.2 Å². The van der Waals surface area contributed by atoms with E-state index in [1.807, 2.05) is 50.2 Å². The van der Waals surface area contributed by atoms with Crippen LogP contribution in [-0.4, -0.2) is 18.4 Å². The van der Waals surface area contributed by atoms with Gasteiger partial charge in [0.25, 0.3) is 0 Å². The van der Waals surface area contributed by atoms with E-state index in [1.165, 1.54) is 0 Å². The van der Waals surface area contributed by atoms with Gasteiger partial charge in [-0.05, 0) is 48.9 Å². The van der Waals surface area contributed by atoms with Crippen molar-refractivity contribution in [3.63, 3.8) is 0 Å². The predicted molar refractivity (Wildman–Crippen MR) is 112 cm³/mol. The minimum absolute atomic E-state index is 0.0524. The van der Waals surface area contributed by atoms with Crippen molar-refractivity contribution in [2.24, 2.45) is 0 Å². The van der Waals surface area contributed by atoms with E-state index in [-0.39, 0.29) is 18.2 Å². The normalized spacial score (nSPS) is 10.6. The van der Waals surface area contributed by atoms with Gasteiger partial charge in [-0.1, -0.05) is 50.2 Å². The molecule has 0 saturated carbocycles. The van der Waals surface area contributed by atoms with Crippen LogP contribution in [0.1, 0.15) is 49.4 Å². The van der Waals surface area contributed by atoms with Gasteiger partial charge in [-0.2, -0.15) is 0 Å². The lowest BCUT2D eigenvalue weighted by atomic mass is 10.0. The highest BCUT2D eigenvalue weighted by Gasteiger charge is 2.18. The standard InChI is InChI=1S/C23H30N2O2/c1-6-19-12-9-13-20(7-2)22(19)24-21(27)14-15-25(18(5)26)23-16(3)10-8-11-17(23)4/h8-13H,6-7,14-15H2,1-5H3,(H,24,27). The van der Waals surface area contributed by atoms with Crippen LogP contribution in [-0.2, 0) is 22.4 Å². The largest absolute Gasteiger partial charge is 0.326 e. The summed E-state index contributed by atoms with van der Waals surface area (Å²) in [7, 11) is 0. The average Bonchev–Trinajstić information content (AvgIpc) is 2.63. The maximum Gasteiger partial charge on any atom is 0.226 e. The second-order valence-corrected chi connectivity index (χ2v) is 6.87. The Hall–Kier alpha value is -2.62. The first-order valence-corrected chi connectivity index (χ1v) is 9.63. The molecule has 0 unspecified atom stereocenters. The highest BCUT2D eigenvalue weighted by atomic mass is 16.2. The molecule has 0 fully saturated rings. The molecule has 4 heteroatoms. The molecule has 0 radical (unpaired) electrons. The minimum Gasteiger partial charge on any atom is -0.326 e. The fraction of sp³-hybridized carbons (Fsp3) is 0.391. The molecule has 0 saturated heterocycles. The summed E-state index contributed by atoms with van der Waals surface area (Å²) in [6.07, 6.45) is 1.99. The molecule has 0 aliphatic rings. The summed E-state index contributed by atoms with van der Waals surface area (Å²) in [5.74, 6) is -0.119. The zero-order valence-electron chi connectivity index (χ0n) is 17.1. The molecule has 0 aliphatic carbocycles. The monoisotopic (exact) mass is 366 g/mol. The summed E-state index contributed by atoms with van der Waals surface area (Å²) in [6, 6.07) is 12.1. The first kappa shape index (κ1) is 20.7. The molecule has 0 heterocycles. The van der Waals surface area contributed by atoms with E-state index in [0.29, 0.717) is 6.54 Å². The number of nitrogens with one attached hydrogen (secondary N) is 1. The van der Waals surface area contributed by atoms with Gasteiger partial charge in [-0.15, -0.1) is 0 Å². The lowest BCUT2D eigenvalue weighted by Gasteiger charge is -2.25. The predicted octanol–water partition coefficient (Wildman–Crippen LogP) is 4.81. The highest BCUT2D eigenvalue weighted by Crippen LogP contribution is 2.26. The van der Waals surface area contributed by atoms with Crippen molar-refractivity contribution in [3.05, 3.63) is 58.7 Å². The lowest BCUT2D eigenvalue weighted by Crippen LogP contribution is -2.33. The van der Waals surface area contributed by atoms with Gasteiger partial charge in [-0.25, -0.2) is 0 Å². The molecule has 0 spiro atoms.